The van der Waals surface area contributed by atoms with E-state index in [1.165, 1.54) is 12.7 Å². The van der Waals surface area contributed by atoms with Gasteiger partial charge < -0.3 is 14.8 Å². The summed E-state index contributed by atoms with van der Waals surface area (Å²) in [6.07, 6.45) is 3.79. The Hall–Kier alpha value is -2.37. The second-order valence-corrected chi connectivity index (χ2v) is 4.17. The lowest BCUT2D eigenvalue weighted by atomic mass is 10.2. The van der Waals surface area contributed by atoms with Gasteiger partial charge in [-0.15, -0.1) is 0 Å². The van der Waals surface area contributed by atoms with Crippen LogP contribution in [0.4, 0.5) is 5.95 Å². The molecule has 3 rings (SSSR count). The van der Waals surface area contributed by atoms with Crippen LogP contribution in [0.1, 0.15) is 6.42 Å². The molecule has 0 saturated heterocycles. The van der Waals surface area contributed by atoms with E-state index in [-0.39, 0.29) is 6.10 Å². The molecule has 98 valence electrons. The van der Waals surface area contributed by atoms with Gasteiger partial charge in [-0.05, 0) is 12.1 Å². The number of fused-ring (bicyclic) bond motifs is 1. The average molecular weight is 258 g/mol. The monoisotopic (exact) mass is 258 g/mol. The van der Waals surface area contributed by atoms with Gasteiger partial charge in [0.05, 0.1) is 0 Å². The van der Waals surface area contributed by atoms with Crippen LogP contribution in [-0.2, 0) is 0 Å². The second kappa shape index (κ2) is 5.51. The predicted molar refractivity (Wildman–Crippen MR) is 69.3 cm³/mol. The predicted octanol–water partition coefficient (Wildman–Crippen LogP) is 1.51. The van der Waals surface area contributed by atoms with E-state index in [0.29, 0.717) is 12.6 Å². The molecule has 1 aromatic carbocycles. The van der Waals surface area contributed by atoms with Gasteiger partial charge in [0.2, 0.25) is 5.95 Å². The first-order valence-electron chi connectivity index (χ1n) is 6.16. The molecule has 2 heterocycles. The van der Waals surface area contributed by atoms with Crippen molar-refractivity contribution < 1.29 is 9.47 Å². The zero-order valence-electron chi connectivity index (χ0n) is 10.3. The number of aromatic nitrogens is 3. The van der Waals surface area contributed by atoms with Gasteiger partial charge in [0, 0.05) is 13.0 Å². The van der Waals surface area contributed by atoms with E-state index in [1.807, 2.05) is 24.3 Å². The molecule has 6 nitrogen and oxygen atoms in total. The number of anilines is 1. The summed E-state index contributed by atoms with van der Waals surface area (Å²) in [6, 6.07) is 7.70. The molecule has 0 radical (unpaired) electrons. The van der Waals surface area contributed by atoms with Crippen molar-refractivity contribution >= 4 is 5.95 Å². The van der Waals surface area contributed by atoms with Gasteiger partial charge in [0.25, 0.3) is 0 Å². The van der Waals surface area contributed by atoms with Gasteiger partial charge in [-0.3, -0.25) is 0 Å². The highest BCUT2D eigenvalue weighted by Crippen LogP contribution is 2.31. The normalized spacial score (nSPS) is 16.9. The van der Waals surface area contributed by atoms with E-state index in [2.05, 4.69) is 20.3 Å². The third-order valence-corrected chi connectivity index (χ3v) is 2.81. The maximum absolute atomic E-state index is 5.85. The molecule has 1 atom stereocenters. The van der Waals surface area contributed by atoms with Gasteiger partial charge in [0.15, 0.2) is 11.5 Å². The van der Waals surface area contributed by atoms with Gasteiger partial charge in [0.1, 0.15) is 25.4 Å². The Balaban J connectivity index is 1.50. The number of para-hydroxylation sites is 2. The molecule has 19 heavy (non-hydrogen) atoms. The van der Waals surface area contributed by atoms with Crippen LogP contribution in [0.5, 0.6) is 11.5 Å². The fourth-order valence-corrected chi connectivity index (χ4v) is 1.88. The minimum Gasteiger partial charge on any atom is -0.486 e. The minimum atomic E-state index is 0.0456. The highest BCUT2D eigenvalue weighted by atomic mass is 16.6. The van der Waals surface area contributed by atoms with Crippen LogP contribution < -0.4 is 14.8 Å². The molecule has 1 unspecified atom stereocenters. The van der Waals surface area contributed by atoms with Crippen LogP contribution in [0.2, 0.25) is 0 Å². The summed E-state index contributed by atoms with van der Waals surface area (Å²) in [7, 11) is 0. The summed E-state index contributed by atoms with van der Waals surface area (Å²) >= 11 is 0. The first-order valence-corrected chi connectivity index (χ1v) is 6.16. The van der Waals surface area contributed by atoms with Crippen LogP contribution in [0, 0.1) is 0 Å². The first kappa shape index (κ1) is 11.7. The molecule has 0 spiro atoms. The topological polar surface area (TPSA) is 69.2 Å². The molecular weight excluding hydrogens is 244 g/mol. The molecule has 0 aliphatic carbocycles. The SMILES string of the molecule is c1ccc2c(c1)OCC(CCNc1ncncn1)O2. The van der Waals surface area contributed by atoms with Crippen molar-refractivity contribution in [1.82, 2.24) is 15.0 Å². The maximum atomic E-state index is 5.85. The first-order chi connectivity index (χ1) is 9.42. The van der Waals surface area contributed by atoms with Gasteiger partial charge >= 0.3 is 0 Å². The molecule has 1 N–H and O–H groups in total. The van der Waals surface area contributed by atoms with E-state index < -0.39 is 0 Å². The molecule has 1 aliphatic rings. The molecule has 0 amide bonds. The Morgan fingerprint density at radius 3 is 2.79 bits per heavy atom. The summed E-state index contributed by atoms with van der Waals surface area (Å²) in [6.45, 7) is 1.29. The molecule has 1 aliphatic heterocycles. The van der Waals surface area contributed by atoms with Gasteiger partial charge in [-0.1, -0.05) is 12.1 Å². The smallest absolute Gasteiger partial charge is 0.225 e. The Morgan fingerprint density at radius 2 is 1.95 bits per heavy atom. The zero-order chi connectivity index (χ0) is 12.9. The summed E-state index contributed by atoms with van der Waals surface area (Å²) in [5, 5.41) is 3.12. The number of ether oxygens (including phenoxy) is 2. The lowest BCUT2D eigenvalue weighted by molar-refractivity contribution is 0.0873. The number of hydrogen-bond acceptors (Lipinski definition) is 6. The van der Waals surface area contributed by atoms with Gasteiger partial charge in [-0.25, -0.2) is 15.0 Å². The van der Waals surface area contributed by atoms with Crippen molar-refractivity contribution in [2.24, 2.45) is 0 Å². The van der Waals surface area contributed by atoms with Crippen molar-refractivity contribution in [3.05, 3.63) is 36.9 Å². The molecule has 6 heteroatoms. The van der Waals surface area contributed by atoms with Crippen molar-refractivity contribution in [3.63, 3.8) is 0 Å². The lowest BCUT2D eigenvalue weighted by Gasteiger charge is -2.26. The van der Waals surface area contributed by atoms with E-state index >= 15 is 0 Å². The van der Waals surface area contributed by atoms with Crippen LogP contribution in [0.3, 0.4) is 0 Å². The number of rotatable bonds is 4. The summed E-state index contributed by atoms with van der Waals surface area (Å²) in [5.74, 6) is 2.19. The number of hydrogen-bond donors (Lipinski definition) is 1. The highest BCUT2D eigenvalue weighted by molar-refractivity contribution is 5.40. The third-order valence-electron chi connectivity index (χ3n) is 2.81. The van der Waals surface area contributed by atoms with Crippen molar-refractivity contribution in [3.8, 4) is 11.5 Å². The fourth-order valence-electron chi connectivity index (χ4n) is 1.88. The highest BCUT2D eigenvalue weighted by Gasteiger charge is 2.19. The Morgan fingerprint density at radius 1 is 1.16 bits per heavy atom. The van der Waals surface area contributed by atoms with Crippen LogP contribution in [0.15, 0.2) is 36.9 Å². The average Bonchev–Trinajstić information content (AvgIpc) is 2.48. The van der Waals surface area contributed by atoms with E-state index in [9.17, 15) is 0 Å². The van der Waals surface area contributed by atoms with E-state index in [0.717, 1.165) is 24.5 Å². The summed E-state index contributed by atoms with van der Waals surface area (Å²) < 4.78 is 11.5. The Bertz CT molecular complexity index is 535. The summed E-state index contributed by atoms with van der Waals surface area (Å²) in [4.78, 5) is 11.7. The molecule has 2 aromatic rings. The van der Waals surface area contributed by atoms with Crippen molar-refractivity contribution in [2.45, 2.75) is 12.5 Å². The maximum Gasteiger partial charge on any atom is 0.225 e. The third kappa shape index (κ3) is 2.90. The largest absolute Gasteiger partial charge is 0.486 e. The number of nitrogens with one attached hydrogen (secondary N) is 1. The quantitative estimate of drug-likeness (QED) is 0.896. The standard InChI is InChI=1S/C13H14N4O2/c1-2-4-12-11(3-1)18-7-10(19-12)5-6-15-13-16-8-14-9-17-13/h1-4,8-10H,5-7H2,(H,14,15,16,17). The molecule has 1 aromatic heterocycles. The van der Waals surface area contributed by atoms with Crippen molar-refractivity contribution in [1.29, 1.82) is 0 Å². The lowest BCUT2D eigenvalue weighted by Crippen LogP contribution is -2.31. The van der Waals surface area contributed by atoms with E-state index in [4.69, 9.17) is 9.47 Å². The van der Waals surface area contributed by atoms with Gasteiger partial charge in [-0.2, -0.15) is 0 Å². The van der Waals surface area contributed by atoms with Crippen LogP contribution in [0.25, 0.3) is 0 Å². The van der Waals surface area contributed by atoms with Crippen LogP contribution >= 0.6 is 0 Å². The second-order valence-electron chi connectivity index (χ2n) is 4.17. The molecule has 0 fully saturated rings. The van der Waals surface area contributed by atoms with Crippen LogP contribution in [-0.4, -0.2) is 34.2 Å². The zero-order valence-corrected chi connectivity index (χ0v) is 10.3. The fraction of sp³-hybridized carbons (Fsp3) is 0.308. The Labute approximate surface area is 110 Å². The minimum absolute atomic E-state index is 0.0456. The van der Waals surface area contributed by atoms with E-state index in [1.54, 1.807) is 0 Å². The number of nitrogens with zero attached hydrogens (tertiary/aromatic N) is 3. The summed E-state index contributed by atoms with van der Waals surface area (Å²) in [5.41, 5.74) is 0. The Kier molecular flexibility index (Phi) is 3.40. The molecular formula is C13H14N4O2. The van der Waals surface area contributed by atoms with Crippen molar-refractivity contribution in [2.75, 3.05) is 18.5 Å². The molecule has 0 saturated carbocycles. The number of benzene rings is 1. The molecule has 0 bridgehead atoms.